The van der Waals surface area contributed by atoms with Gasteiger partial charge in [-0.15, -0.1) is 0 Å². The molecule has 1 aromatic rings. The third-order valence-corrected chi connectivity index (χ3v) is 5.34. The molecule has 1 heterocycles. The van der Waals surface area contributed by atoms with Crippen molar-refractivity contribution in [2.24, 2.45) is 5.92 Å². The van der Waals surface area contributed by atoms with E-state index in [2.05, 4.69) is 5.32 Å². The second-order valence-electron chi connectivity index (χ2n) is 7.08. The van der Waals surface area contributed by atoms with Crippen LogP contribution in [-0.4, -0.2) is 49.6 Å². The van der Waals surface area contributed by atoms with Gasteiger partial charge in [-0.3, -0.25) is 9.59 Å². The molecule has 26 heavy (non-hydrogen) atoms. The van der Waals surface area contributed by atoms with Gasteiger partial charge in [-0.25, -0.2) is 0 Å². The van der Waals surface area contributed by atoms with Crippen molar-refractivity contribution in [1.29, 1.82) is 0 Å². The minimum absolute atomic E-state index is 0.0146. The Bertz CT molecular complexity index is 620. The first-order valence-corrected chi connectivity index (χ1v) is 9.51. The van der Waals surface area contributed by atoms with Crippen LogP contribution in [0.4, 0.5) is 0 Å². The lowest BCUT2D eigenvalue weighted by Crippen LogP contribution is -2.46. The summed E-state index contributed by atoms with van der Waals surface area (Å²) in [7, 11) is 1.57. The topological polar surface area (TPSA) is 67.9 Å². The van der Waals surface area contributed by atoms with Gasteiger partial charge in [-0.05, 0) is 37.8 Å². The maximum atomic E-state index is 12.4. The second kappa shape index (κ2) is 8.92. The molecule has 1 aromatic carbocycles. The third-order valence-electron chi connectivity index (χ3n) is 5.34. The number of carbonyl (C=O) groups excluding carboxylic acids is 2. The summed E-state index contributed by atoms with van der Waals surface area (Å²) >= 11 is 0. The molecule has 1 saturated heterocycles. The number of ether oxygens (including phenoxy) is 2. The van der Waals surface area contributed by atoms with Crippen LogP contribution in [-0.2, 0) is 9.59 Å². The van der Waals surface area contributed by atoms with E-state index >= 15 is 0 Å². The Balaban J connectivity index is 1.42. The van der Waals surface area contributed by atoms with Gasteiger partial charge in [0.15, 0.2) is 18.1 Å². The average Bonchev–Trinajstić information content (AvgIpc) is 3.19. The SMILES string of the molecule is COc1ccccc1OCC(=O)N1CCC(C(=O)NC2CCCC2)CC1. The molecule has 0 radical (unpaired) electrons. The van der Waals surface area contributed by atoms with Gasteiger partial charge in [0.2, 0.25) is 5.91 Å². The number of likely N-dealkylation sites (tertiary alicyclic amines) is 1. The first-order chi connectivity index (χ1) is 12.7. The van der Waals surface area contributed by atoms with Crippen molar-refractivity contribution in [2.75, 3.05) is 26.8 Å². The molecule has 2 fully saturated rings. The standard InChI is InChI=1S/C20H28N2O4/c1-25-17-8-4-5-9-18(17)26-14-19(23)22-12-10-15(11-13-22)20(24)21-16-6-2-3-7-16/h4-5,8-9,15-16H,2-3,6-7,10-14H2,1H3,(H,21,24). The Morgan fingerprint density at radius 2 is 1.73 bits per heavy atom. The van der Waals surface area contributed by atoms with Crippen LogP contribution in [0.25, 0.3) is 0 Å². The van der Waals surface area contributed by atoms with Crippen LogP contribution in [0.5, 0.6) is 11.5 Å². The van der Waals surface area contributed by atoms with Crippen molar-refractivity contribution in [2.45, 2.75) is 44.6 Å². The summed E-state index contributed by atoms with van der Waals surface area (Å²) in [6.45, 7) is 1.20. The molecule has 0 spiro atoms. The Hall–Kier alpha value is -2.24. The van der Waals surface area contributed by atoms with Crippen molar-refractivity contribution in [3.8, 4) is 11.5 Å². The van der Waals surface area contributed by atoms with Crippen LogP contribution < -0.4 is 14.8 Å². The first kappa shape index (κ1) is 18.5. The predicted molar refractivity (Wildman–Crippen MR) is 98.2 cm³/mol. The zero-order chi connectivity index (χ0) is 18.4. The maximum absolute atomic E-state index is 12.4. The summed E-state index contributed by atoms with van der Waals surface area (Å²) in [6.07, 6.45) is 6.07. The summed E-state index contributed by atoms with van der Waals surface area (Å²) in [5.74, 6) is 1.31. The van der Waals surface area contributed by atoms with Gasteiger partial charge in [0.25, 0.3) is 5.91 Å². The minimum atomic E-state index is -0.0504. The molecule has 2 aliphatic rings. The minimum Gasteiger partial charge on any atom is -0.493 e. The lowest BCUT2D eigenvalue weighted by molar-refractivity contribution is -0.137. The third kappa shape index (κ3) is 4.68. The van der Waals surface area contributed by atoms with Gasteiger partial charge in [-0.2, -0.15) is 0 Å². The fourth-order valence-electron chi connectivity index (χ4n) is 3.75. The molecule has 3 rings (SSSR count). The van der Waals surface area contributed by atoms with E-state index in [1.165, 1.54) is 12.8 Å². The van der Waals surface area contributed by atoms with E-state index in [0.29, 0.717) is 30.6 Å². The number of piperidine rings is 1. The van der Waals surface area contributed by atoms with Crippen LogP contribution in [0.2, 0.25) is 0 Å². The molecule has 0 aromatic heterocycles. The second-order valence-corrected chi connectivity index (χ2v) is 7.08. The number of benzene rings is 1. The number of rotatable bonds is 6. The molecule has 2 amide bonds. The quantitative estimate of drug-likeness (QED) is 0.846. The zero-order valence-electron chi connectivity index (χ0n) is 15.4. The molecule has 1 aliphatic heterocycles. The van der Waals surface area contributed by atoms with Crippen LogP contribution >= 0.6 is 0 Å². The van der Waals surface area contributed by atoms with Crippen molar-refractivity contribution in [3.63, 3.8) is 0 Å². The van der Waals surface area contributed by atoms with E-state index in [9.17, 15) is 9.59 Å². The van der Waals surface area contributed by atoms with Crippen LogP contribution in [0, 0.1) is 5.92 Å². The molecule has 6 nitrogen and oxygen atoms in total. The number of nitrogens with zero attached hydrogens (tertiary/aromatic N) is 1. The number of methoxy groups -OCH3 is 1. The Morgan fingerprint density at radius 1 is 1.08 bits per heavy atom. The number of hydrogen-bond donors (Lipinski definition) is 1. The molecule has 142 valence electrons. The number of para-hydroxylation sites is 2. The van der Waals surface area contributed by atoms with Gasteiger partial charge < -0.3 is 19.7 Å². The molecule has 0 atom stereocenters. The van der Waals surface area contributed by atoms with E-state index in [1.54, 1.807) is 24.1 Å². The largest absolute Gasteiger partial charge is 0.493 e. The predicted octanol–water partition coefficient (Wildman–Crippen LogP) is 2.37. The summed E-state index contributed by atoms with van der Waals surface area (Å²) in [6, 6.07) is 7.64. The molecule has 1 aliphatic carbocycles. The molecular formula is C20H28N2O4. The van der Waals surface area contributed by atoms with Gasteiger partial charge in [0.05, 0.1) is 7.11 Å². The molecule has 0 unspecified atom stereocenters. The van der Waals surface area contributed by atoms with Gasteiger partial charge in [-0.1, -0.05) is 25.0 Å². The number of carbonyl (C=O) groups is 2. The summed E-state index contributed by atoms with van der Waals surface area (Å²) in [5, 5.41) is 3.17. The number of hydrogen-bond acceptors (Lipinski definition) is 4. The first-order valence-electron chi connectivity index (χ1n) is 9.51. The van der Waals surface area contributed by atoms with Crippen LogP contribution in [0.15, 0.2) is 24.3 Å². The highest BCUT2D eigenvalue weighted by atomic mass is 16.5. The zero-order valence-corrected chi connectivity index (χ0v) is 15.4. The Morgan fingerprint density at radius 3 is 2.38 bits per heavy atom. The van der Waals surface area contributed by atoms with E-state index in [-0.39, 0.29) is 24.3 Å². The lowest BCUT2D eigenvalue weighted by atomic mass is 9.95. The van der Waals surface area contributed by atoms with Crippen LogP contribution in [0.3, 0.4) is 0 Å². The van der Waals surface area contributed by atoms with Crippen LogP contribution in [0.1, 0.15) is 38.5 Å². The normalized spacial score (nSPS) is 18.6. The average molecular weight is 360 g/mol. The number of nitrogens with one attached hydrogen (secondary N) is 1. The fraction of sp³-hybridized carbons (Fsp3) is 0.600. The van der Waals surface area contributed by atoms with E-state index in [1.807, 2.05) is 12.1 Å². The Kier molecular flexibility index (Phi) is 6.36. The monoisotopic (exact) mass is 360 g/mol. The maximum Gasteiger partial charge on any atom is 0.260 e. The van der Waals surface area contributed by atoms with Gasteiger partial charge in [0.1, 0.15) is 0 Å². The highest BCUT2D eigenvalue weighted by molar-refractivity contribution is 5.80. The van der Waals surface area contributed by atoms with E-state index in [4.69, 9.17) is 9.47 Å². The molecule has 1 saturated carbocycles. The Labute approximate surface area is 154 Å². The highest BCUT2D eigenvalue weighted by Gasteiger charge is 2.29. The van der Waals surface area contributed by atoms with Gasteiger partial charge in [0, 0.05) is 25.0 Å². The summed E-state index contributed by atoms with van der Waals surface area (Å²) in [5.41, 5.74) is 0. The fourth-order valence-corrected chi connectivity index (χ4v) is 3.75. The molecular weight excluding hydrogens is 332 g/mol. The molecule has 6 heteroatoms. The van der Waals surface area contributed by atoms with Crippen molar-refractivity contribution in [1.82, 2.24) is 10.2 Å². The summed E-state index contributed by atoms with van der Waals surface area (Å²) in [4.78, 5) is 26.5. The highest BCUT2D eigenvalue weighted by Crippen LogP contribution is 2.26. The van der Waals surface area contributed by atoms with Crippen molar-refractivity contribution in [3.05, 3.63) is 24.3 Å². The molecule has 0 bridgehead atoms. The smallest absolute Gasteiger partial charge is 0.260 e. The molecule has 1 N–H and O–H groups in total. The number of amides is 2. The van der Waals surface area contributed by atoms with Crippen molar-refractivity contribution >= 4 is 11.8 Å². The summed E-state index contributed by atoms with van der Waals surface area (Å²) < 4.78 is 10.8. The lowest BCUT2D eigenvalue weighted by Gasteiger charge is -2.32. The van der Waals surface area contributed by atoms with Crippen molar-refractivity contribution < 1.29 is 19.1 Å². The van der Waals surface area contributed by atoms with E-state index in [0.717, 1.165) is 25.7 Å². The van der Waals surface area contributed by atoms with Gasteiger partial charge >= 0.3 is 0 Å². The van der Waals surface area contributed by atoms with E-state index < -0.39 is 0 Å².